The number of nitrogens with two attached hydrogens (primary N) is 1. The monoisotopic (exact) mass is 174 g/mol. The highest BCUT2D eigenvalue weighted by atomic mass is 16.5. The van der Waals surface area contributed by atoms with Crippen LogP contribution in [-0.2, 0) is 4.74 Å². The normalized spacial score (nSPS) is 14.4. The van der Waals surface area contributed by atoms with Gasteiger partial charge in [-0.2, -0.15) is 0 Å². The third kappa shape index (κ3) is 6.00. The molecule has 0 heterocycles. The van der Waals surface area contributed by atoms with Gasteiger partial charge < -0.3 is 20.9 Å². The lowest BCUT2D eigenvalue weighted by atomic mass is 10.4. The maximum absolute atomic E-state index is 9.25. The van der Waals surface area contributed by atoms with Crippen molar-refractivity contribution in [3.63, 3.8) is 0 Å². The minimum Gasteiger partial charge on any atom is -0.389 e. The summed E-state index contributed by atoms with van der Waals surface area (Å²) in [6, 6.07) is 0. The van der Waals surface area contributed by atoms with Gasteiger partial charge in [0.15, 0.2) is 0 Å². The summed E-state index contributed by atoms with van der Waals surface area (Å²) < 4.78 is 5.01. The predicted octanol–water partition coefficient (Wildman–Crippen LogP) is -0.207. The molecule has 1 atom stereocenters. The van der Waals surface area contributed by atoms with Crippen LogP contribution in [0.1, 0.15) is 13.8 Å². The van der Waals surface area contributed by atoms with Gasteiger partial charge in [-0.3, -0.25) is 0 Å². The Kier molecular flexibility index (Phi) is 6.51. The van der Waals surface area contributed by atoms with Gasteiger partial charge in [0.1, 0.15) is 0 Å². The van der Waals surface area contributed by atoms with Gasteiger partial charge in [-0.25, -0.2) is 0 Å². The van der Waals surface area contributed by atoms with Gasteiger partial charge in [0.25, 0.3) is 0 Å². The van der Waals surface area contributed by atoms with Crippen molar-refractivity contribution in [1.29, 1.82) is 0 Å². The molecule has 0 radical (unpaired) electrons. The van der Waals surface area contributed by atoms with Gasteiger partial charge in [0, 0.05) is 13.2 Å². The van der Waals surface area contributed by atoms with E-state index in [9.17, 15) is 5.11 Å². The average molecular weight is 174 g/mol. The molecule has 0 aliphatic rings. The van der Waals surface area contributed by atoms with E-state index in [4.69, 9.17) is 10.5 Å². The molecule has 0 aromatic carbocycles. The topological polar surface area (TPSA) is 67.5 Å². The Labute approximate surface area is 73.4 Å². The van der Waals surface area contributed by atoms with Crippen LogP contribution in [0.15, 0.2) is 11.9 Å². The van der Waals surface area contributed by atoms with E-state index in [0.717, 1.165) is 0 Å². The van der Waals surface area contributed by atoms with Crippen molar-refractivity contribution in [3.8, 4) is 0 Å². The van der Waals surface area contributed by atoms with E-state index in [0.29, 0.717) is 25.6 Å². The molecule has 0 saturated carbocycles. The van der Waals surface area contributed by atoms with E-state index in [2.05, 4.69) is 5.32 Å². The Hall–Kier alpha value is -0.740. The number of aliphatic hydroxyl groups excluding tert-OH is 1. The molecule has 0 spiro atoms. The lowest BCUT2D eigenvalue weighted by Gasteiger charge is -2.12. The minimum atomic E-state index is -0.497. The first-order chi connectivity index (χ1) is 5.70. The van der Waals surface area contributed by atoms with Crippen molar-refractivity contribution >= 4 is 0 Å². The van der Waals surface area contributed by atoms with Gasteiger partial charge in [-0.15, -0.1) is 0 Å². The Bertz CT molecular complexity index is 137. The van der Waals surface area contributed by atoms with Crippen molar-refractivity contribution in [2.75, 3.05) is 19.8 Å². The molecule has 4 nitrogen and oxygen atoms in total. The Balaban J connectivity index is 3.37. The number of aliphatic hydroxyl groups is 1. The lowest BCUT2D eigenvalue weighted by Crippen LogP contribution is -2.32. The van der Waals surface area contributed by atoms with Gasteiger partial charge in [-0.05, 0) is 19.9 Å². The van der Waals surface area contributed by atoms with Gasteiger partial charge in [0.05, 0.1) is 18.5 Å². The van der Waals surface area contributed by atoms with Crippen LogP contribution in [0.25, 0.3) is 0 Å². The zero-order valence-corrected chi connectivity index (χ0v) is 7.71. The number of hydrogen-bond donors (Lipinski definition) is 3. The Morgan fingerprint density at radius 1 is 1.75 bits per heavy atom. The molecule has 4 N–H and O–H groups in total. The summed E-state index contributed by atoms with van der Waals surface area (Å²) in [5.41, 5.74) is 5.45. The quantitative estimate of drug-likeness (QED) is 0.521. The van der Waals surface area contributed by atoms with E-state index in [1.54, 1.807) is 6.08 Å². The van der Waals surface area contributed by atoms with E-state index in [1.807, 2.05) is 13.8 Å². The molecule has 0 aromatic rings. The second-order valence-electron chi connectivity index (χ2n) is 2.44. The van der Waals surface area contributed by atoms with Crippen LogP contribution in [0.2, 0.25) is 0 Å². The Morgan fingerprint density at radius 3 is 2.92 bits per heavy atom. The van der Waals surface area contributed by atoms with Gasteiger partial charge in [0.2, 0.25) is 0 Å². The molecule has 0 amide bonds. The summed E-state index contributed by atoms with van der Waals surface area (Å²) in [6.45, 7) is 5.12. The number of allylic oxidation sites excluding steroid dienone is 1. The molecule has 0 bridgehead atoms. The summed E-state index contributed by atoms with van der Waals surface area (Å²) in [5, 5.41) is 12.1. The fraction of sp³-hybridized carbons (Fsp3) is 0.750. The molecule has 12 heavy (non-hydrogen) atoms. The average Bonchev–Trinajstić information content (AvgIpc) is 2.10. The molecule has 0 aliphatic heterocycles. The zero-order valence-electron chi connectivity index (χ0n) is 7.71. The van der Waals surface area contributed by atoms with Crippen LogP contribution < -0.4 is 11.1 Å². The second kappa shape index (κ2) is 6.94. The molecule has 0 rings (SSSR count). The van der Waals surface area contributed by atoms with E-state index in [-0.39, 0.29) is 0 Å². The predicted molar refractivity (Wildman–Crippen MR) is 48.4 cm³/mol. The minimum absolute atomic E-state index is 0.348. The van der Waals surface area contributed by atoms with Crippen LogP contribution in [0.4, 0.5) is 0 Å². The third-order valence-corrected chi connectivity index (χ3v) is 1.37. The van der Waals surface area contributed by atoms with Crippen LogP contribution in [-0.4, -0.2) is 31.0 Å². The number of rotatable bonds is 6. The van der Waals surface area contributed by atoms with Crippen LogP contribution in [0.3, 0.4) is 0 Å². The third-order valence-electron chi connectivity index (χ3n) is 1.37. The summed E-state index contributed by atoms with van der Waals surface area (Å²) in [7, 11) is 0. The number of ether oxygens (including phenoxy) is 1. The van der Waals surface area contributed by atoms with E-state index in [1.165, 1.54) is 0 Å². The van der Waals surface area contributed by atoms with Gasteiger partial charge >= 0.3 is 0 Å². The number of hydrogen-bond acceptors (Lipinski definition) is 4. The van der Waals surface area contributed by atoms with Crippen LogP contribution in [0.5, 0.6) is 0 Å². The van der Waals surface area contributed by atoms with Crippen molar-refractivity contribution in [1.82, 2.24) is 5.32 Å². The molecule has 0 fully saturated rings. The molecule has 0 aromatic heterocycles. The van der Waals surface area contributed by atoms with Crippen molar-refractivity contribution in [2.24, 2.45) is 5.73 Å². The standard InChI is InChI=1S/C8H18N2O2/c1-3-8(9)10-5-7(11)6-12-4-2/h3,7,10-11H,4-6,9H2,1-2H3. The molecule has 0 saturated heterocycles. The van der Waals surface area contributed by atoms with Crippen molar-refractivity contribution in [3.05, 3.63) is 11.9 Å². The smallest absolute Gasteiger partial charge is 0.0945 e. The summed E-state index contributed by atoms with van der Waals surface area (Å²) in [4.78, 5) is 0. The molecule has 4 heteroatoms. The maximum Gasteiger partial charge on any atom is 0.0945 e. The SMILES string of the molecule is CC=C(N)NCC(O)COCC. The summed E-state index contributed by atoms with van der Waals surface area (Å²) >= 11 is 0. The maximum atomic E-state index is 9.25. The van der Waals surface area contributed by atoms with Crippen LogP contribution >= 0.6 is 0 Å². The fourth-order valence-electron chi connectivity index (χ4n) is 0.651. The number of nitrogens with one attached hydrogen (secondary N) is 1. The Morgan fingerprint density at radius 2 is 2.42 bits per heavy atom. The highest BCUT2D eigenvalue weighted by Crippen LogP contribution is 1.84. The first-order valence-corrected chi connectivity index (χ1v) is 4.12. The first kappa shape index (κ1) is 11.3. The molecule has 0 aliphatic carbocycles. The molecular weight excluding hydrogens is 156 g/mol. The van der Waals surface area contributed by atoms with Crippen molar-refractivity contribution < 1.29 is 9.84 Å². The fourth-order valence-corrected chi connectivity index (χ4v) is 0.651. The molecular formula is C8H18N2O2. The highest BCUT2D eigenvalue weighted by molar-refractivity contribution is 4.90. The van der Waals surface area contributed by atoms with E-state index >= 15 is 0 Å². The van der Waals surface area contributed by atoms with Gasteiger partial charge in [-0.1, -0.05) is 0 Å². The summed E-state index contributed by atoms with van der Waals surface area (Å²) in [5.74, 6) is 0.575. The van der Waals surface area contributed by atoms with E-state index < -0.39 is 6.10 Å². The lowest BCUT2D eigenvalue weighted by molar-refractivity contribution is 0.0441. The molecule has 72 valence electrons. The van der Waals surface area contributed by atoms with Crippen molar-refractivity contribution in [2.45, 2.75) is 20.0 Å². The summed E-state index contributed by atoms with van der Waals surface area (Å²) in [6.07, 6.45) is 1.25. The second-order valence-corrected chi connectivity index (χ2v) is 2.44. The zero-order chi connectivity index (χ0) is 9.40. The highest BCUT2D eigenvalue weighted by Gasteiger charge is 2.02. The van der Waals surface area contributed by atoms with Crippen LogP contribution in [0, 0.1) is 0 Å². The largest absolute Gasteiger partial charge is 0.389 e. The first-order valence-electron chi connectivity index (χ1n) is 4.12. The molecule has 1 unspecified atom stereocenters.